The number of aliphatic hydroxyl groups excluding tert-OH is 11. The highest BCUT2D eigenvalue weighted by Gasteiger charge is 2.53. The van der Waals surface area contributed by atoms with E-state index in [1.165, 1.54) is 44.6 Å². The molecule has 0 aromatic rings. The molecular weight excluding hydrogens is 770 g/mol. The second-order valence-electron chi connectivity index (χ2n) is 15.5. The summed E-state index contributed by atoms with van der Waals surface area (Å²) >= 11 is 0. The van der Waals surface area contributed by atoms with E-state index in [-0.39, 0.29) is 18.9 Å². The van der Waals surface area contributed by atoms with Gasteiger partial charge in [-0.25, -0.2) is 0 Å². The van der Waals surface area contributed by atoms with E-state index < -0.39 is 124 Å². The minimum absolute atomic E-state index is 0.243. The minimum atomic E-state index is -1.97. The van der Waals surface area contributed by atoms with Crippen molar-refractivity contribution in [1.29, 1.82) is 0 Å². The molecule has 19 nitrogen and oxygen atoms in total. The molecule has 0 bridgehead atoms. The van der Waals surface area contributed by atoms with Crippen LogP contribution in [0.3, 0.4) is 0 Å². The van der Waals surface area contributed by atoms with Crippen LogP contribution < -0.4 is 5.32 Å². The van der Waals surface area contributed by atoms with Gasteiger partial charge in [-0.2, -0.15) is 0 Å². The van der Waals surface area contributed by atoms with E-state index in [0.717, 1.165) is 25.7 Å². The lowest BCUT2D eigenvalue weighted by Gasteiger charge is -2.48. The van der Waals surface area contributed by atoms with Crippen molar-refractivity contribution in [2.45, 2.75) is 202 Å². The highest BCUT2D eigenvalue weighted by atomic mass is 16.8. The van der Waals surface area contributed by atoms with Gasteiger partial charge in [-0.05, 0) is 12.8 Å². The molecule has 17 unspecified atom stereocenters. The third-order valence-corrected chi connectivity index (χ3v) is 10.8. The van der Waals surface area contributed by atoms with Crippen molar-refractivity contribution in [2.24, 2.45) is 0 Å². The molecule has 3 aliphatic rings. The van der Waals surface area contributed by atoms with Gasteiger partial charge in [0, 0.05) is 6.42 Å². The molecule has 58 heavy (non-hydrogen) atoms. The number of aliphatic hydroxyl groups is 11. The summed E-state index contributed by atoms with van der Waals surface area (Å²) < 4.78 is 33.7. The fourth-order valence-corrected chi connectivity index (χ4v) is 7.19. The summed E-state index contributed by atoms with van der Waals surface area (Å²) in [6, 6.07) is -0.959. The van der Waals surface area contributed by atoms with Gasteiger partial charge in [0.15, 0.2) is 18.9 Å². The molecule has 12 N–H and O–H groups in total. The van der Waals surface area contributed by atoms with Gasteiger partial charge in [0.25, 0.3) is 0 Å². The van der Waals surface area contributed by atoms with Crippen molar-refractivity contribution >= 4 is 5.91 Å². The molecule has 17 atom stereocenters. The van der Waals surface area contributed by atoms with E-state index >= 15 is 0 Å². The summed E-state index contributed by atoms with van der Waals surface area (Å²) in [5, 5.41) is 118. The fraction of sp³-hybridized carbons (Fsp3) is 0.923. The molecule has 0 spiro atoms. The van der Waals surface area contributed by atoms with Gasteiger partial charge in [-0.15, -0.1) is 0 Å². The molecule has 0 radical (unpaired) electrons. The number of rotatable bonds is 26. The number of hydrogen-bond acceptors (Lipinski definition) is 18. The highest BCUT2D eigenvalue weighted by molar-refractivity contribution is 5.76. The van der Waals surface area contributed by atoms with Gasteiger partial charge in [0.1, 0.15) is 73.2 Å². The molecule has 3 fully saturated rings. The van der Waals surface area contributed by atoms with Gasteiger partial charge in [-0.3, -0.25) is 4.79 Å². The average molecular weight is 842 g/mol. The first-order chi connectivity index (χ1) is 27.8. The number of nitrogens with one attached hydrogen (secondary N) is 1. The molecule has 19 heteroatoms. The number of hydrogen-bond donors (Lipinski definition) is 12. The molecule has 3 heterocycles. The zero-order chi connectivity index (χ0) is 42.8. The third kappa shape index (κ3) is 14.9. The molecule has 3 saturated heterocycles. The third-order valence-electron chi connectivity index (χ3n) is 10.8. The van der Waals surface area contributed by atoms with E-state index in [1.807, 2.05) is 6.92 Å². The first kappa shape index (κ1) is 50.9. The summed E-state index contributed by atoms with van der Waals surface area (Å²) in [7, 11) is 0. The molecule has 340 valence electrons. The van der Waals surface area contributed by atoms with Crippen LogP contribution in [0.4, 0.5) is 0 Å². The van der Waals surface area contributed by atoms with Crippen LogP contribution in [-0.2, 0) is 33.2 Å². The lowest BCUT2D eigenvalue weighted by Crippen LogP contribution is -2.66. The normalized spacial score (nSPS) is 36.9. The lowest BCUT2D eigenvalue weighted by molar-refractivity contribution is -0.379. The average Bonchev–Trinajstić information content (AvgIpc) is 3.21. The largest absolute Gasteiger partial charge is 0.394 e. The molecule has 3 rings (SSSR count). The van der Waals surface area contributed by atoms with Crippen LogP contribution >= 0.6 is 0 Å². The summed E-state index contributed by atoms with van der Waals surface area (Å²) in [6.07, 6.45) is -10.5. The molecule has 3 aliphatic heterocycles. The Morgan fingerprint density at radius 1 is 0.603 bits per heavy atom. The summed E-state index contributed by atoms with van der Waals surface area (Å²) in [5.74, 6) is -0.293. The molecule has 0 saturated carbocycles. The second kappa shape index (κ2) is 26.8. The number of carbonyl (C=O) groups excluding carboxylic acids is 1. The van der Waals surface area contributed by atoms with Crippen molar-refractivity contribution < 1.29 is 89.4 Å². The number of allylic oxidation sites excluding steroid dienone is 1. The lowest BCUT2D eigenvalue weighted by atomic mass is 9.96. The Balaban J connectivity index is 1.58. The number of amides is 1. The van der Waals surface area contributed by atoms with Crippen LogP contribution in [-0.4, -0.2) is 193 Å². The zero-order valence-electron chi connectivity index (χ0n) is 33.8. The molecule has 0 aliphatic carbocycles. The fourth-order valence-electron chi connectivity index (χ4n) is 7.19. The maximum atomic E-state index is 12.9. The Kier molecular flexibility index (Phi) is 23.5. The number of carbonyl (C=O) groups is 1. The Morgan fingerprint density at radius 3 is 1.59 bits per heavy atom. The quantitative estimate of drug-likeness (QED) is 0.0330. The van der Waals surface area contributed by atoms with E-state index in [0.29, 0.717) is 12.8 Å². The summed E-state index contributed by atoms with van der Waals surface area (Å²) in [6.45, 7) is 1.39. The molecular formula is C39H71NO18. The van der Waals surface area contributed by atoms with E-state index in [9.17, 15) is 61.0 Å². The van der Waals surface area contributed by atoms with Crippen LogP contribution in [0.25, 0.3) is 0 Å². The molecule has 0 aromatic carbocycles. The number of ether oxygens (including phenoxy) is 6. The maximum absolute atomic E-state index is 12.9. The van der Waals surface area contributed by atoms with E-state index in [2.05, 4.69) is 12.2 Å². The van der Waals surface area contributed by atoms with Crippen molar-refractivity contribution in [3.8, 4) is 0 Å². The van der Waals surface area contributed by atoms with Crippen molar-refractivity contribution in [3.63, 3.8) is 0 Å². The summed E-state index contributed by atoms with van der Waals surface area (Å²) in [4.78, 5) is 12.9. The predicted octanol–water partition coefficient (Wildman–Crippen LogP) is -2.04. The van der Waals surface area contributed by atoms with Gasteiger partial charge in [-0.1, -0.05) is 90.2 Å². The van der Waals surface area contributed by atoms with E-state index in [1.54, 1.807) is 6.08 Å². The summed E-state index contributed by atoms with van der Waals surface area (Å²) in [5.41, 5.74) is 0. The molecule has 1 amide bonds. The van der Waals surface area contributed by atoms with Crippen LogP contribution in [0.2, 0.25) is 0 Å². The predicted molar refractivity (Wildman–Crippen MR) is 203 cm³/mol. The Hall–Kier alpha value is -1.47. The van der Waals surface area contributed by atoms with Crippen LogP contribution in [0, 0.1) is 0 Å². The minimum Gasteiger partial charge on any atom is -0.394 e. The van der Waals surface area contributed by atoms with Gasteiger partial charge in [0.2, 0.25) is 5.91 Å². The van der Waals surface area contributed by atoms with Crippen LogP contribution in [0.1, 0.15) is 97.3 Å². The maximum Gasteiger partial charge on any atom is 0.220 e. The van der Waals surface area contributed by atoms with Crippen LogP contribution in [0.5, 0.6) is 0 Å². The van der Waals surface area contributed by atoms with Crippen molar-refractivity contribution in [3.05, 3.63) is 12.2 Å². The standard InChI is InChI=1S/C39H71NO18/c1-3-5-7-8-9-10-11-12-13-15-17-27(45)40-22(23(44)16-14-6-4-2)21-53-37-33(51)30(48)35(25(19-42)55-37)58-39-34(52)31(49)36(26(20-43)56-39)57-38-32(50)29(47)28(46)24(18-41)54-38/h14,16,22-26,28-39,41-44,46-52H,3-13,15,17-21H2,1-2H3,(H,40,45)/b16-14+. The first-order valence-electron chi connectivity index (χ1n) is 20.9. The van der Waals surface area contributed by atoms with Gasteiger partial charge < -0.3 is 89.9 Å². The molecule has 0 aromatic heterocycles. The van der Waals surface area contributed by atoms with Gasteiger partial charge >= 0.3 is 0 Å². The Labute approximate surface area is 340 Å². The van der Waals surface area contributed by atoms with Crippen molar-refractivity contribution in [2.75, 3.05) is 26.4 Å². The second-order valence-corrected chi connectivity index (χ2v) is 15.5. The highest BCUT2D eigenvalue weighted by Crippen LogP contribution is 2.32. The SMILES string of the molecule is CCC/C=C/C(O)C(COC1OC(CO)C(OC2OC(CO)C(OC3OC(CO)C(O)C(O)C3O)C(O)C2O)C(O)C1O)NC(=O)CCCCCCCCCCCC. The first-order valence-corrected chi connectivity index (χ1v) is 20.9. The monoisotopic (exact) mass is 841 g/mol. The Morgan fingerprint density at radius 2 is 1.07 bits per heavy atom. The Bertz CT molecular complexity index is 1150. The van der Waals surface area contributed by atoms with Crippen molar-refractivity contribution in [1.82, 2.24) is 5.32 Å². The number of unbranched alkanes of at least 4 members (excludes halogenated alkanes) is 10. The van der Waals surface area contributed by atoms with Crippen LogP contribution in [0.15, 0.2) is 12.2 Å². The zero-order valence-corrected chi connectivity index (χ0v) is 33.8. The topological polar surface area (TPSA) is 307 Å². The smallest absolute Gasteiger partial charge is 0.220 e. The van der Waals surface area contributed by atoms with Gasteiger partial charge in [0.05, 0.1) is 38.6 Å². The van der Waals surface area contributed by atoms with E-state index in [4.69, 9.17) is 28.4 Å².